The molecule has 1 aromatic rings. The first-order chi connectivity index (χ1) is 9.93. The van der Waals surface area contributed by atoms with Crippen LogP contribution >= 0.6 is 0 Å². The second-order valence-electron chi connectivity index (χ2n) is 5.84. The van der Waals surface area contributed by atoms with Crippen molar-refractivity contribution in [2.24, 2.45) is 5.92 Å². The van der Waals surface area contributed by atoms with Crippen LogP contribution in [0.3, 0.4) is 0 Å². The Hall–Kier alpha value is -1.85. The highest BCUT2D eigenvalue weighted by atomic mass is 16.4. The zero-order chi connectivity index (χ0) is 15.6. The molecule has 0 aliphatic carbocycles. The summed E-state index contributed by atoms with van der Waals surface area (Å²) in [6.07, 6.45) is 2.86. The molecule has 1 fully saturated rings. The fourth-order valence-corrected chi connectivity index (χ4v) is 2.69. The number of aromatic nitrogens is 2. The van der Waals surface area contributed by atoms with Crippen LogP contribution in [0.15, 0.2) is 6.20 Å². The van der Waals surface area contributed by atoms with E-state index >= 15 is 0 Å². The molecule has 6 heteroatoms. The number of carbonyl (C=O) groups is 2. The highest BCUT2D eigenvalue weighted by molar-refractivity contribution is 5.95. The van der Waals surface area contributed by atoms with Gasteiger partial charge in [0.1, 0.15) is 0 Å². The molecule has 1 aliphatic heterocycles. The van der Waals surface area contributed by atoms with Gasteiger partial charge in [-0.15, -0.1) is 0 Å². The van der Waals surface area contributed by atoms with Crippen molar-refractivity contribution in [2.45, 2.75) is 46.1 Å². The van der Waals surface area contributed by atoms with Crippen LogP contribution in [-0.2, 0) is 11.3 Å². The molecule has 1 amide bonds. The van der Waals surface area contributed by atoms with E-state index < -0.39 is 5.97 Å². The quantitative estimate of drug-likeness (QED) is 0.920. The minimum absolute atomic E-state index is 0.0257. The van der Waals surface area contributed by atoms with Gasteiger partial charge in [0.05, 0.1) is 17.2 Å². The van der Waals surface area contributed by atoms with Crippen LogP contribution in [0.4, 0.5) is 0 Å². The minimum atomic E-state index is -0.760. The topological polar surface area (TPSA) is 75.4 Å². The Morgan fingerprint density at radius 1 is 1.38 bits per heavy atom. The van der Waals surface area contributed by atoms with Gasteiger partial charge >= 0.3 is 5.97 Å². The summed E-state index contributed by atoms with van der Waals surface area (Å²) in [7, 11) is 0. The van der Waals surface area contributed by atoms with Gasteiger partial charge in [0.25, 0.3) is 5.91 Å². The van der Waals surface area contributed by atoms with Crippen LogP contribution in [-0.4, -0.2) is 44.8 Å². The van der Waals surface area contributed by atoms with Crippen molar-refractivity contribution in [1.29, 1.82) is 0 Å². The lowest BCUT2D eigenvalue weighted by Crippen LogP contribution is -2.40. The second-order valence-corrected chi connectivity index (χ2v) is 5.84. The number of amides is 1. The van der Waals surface area contributed by atoms with Crippen LogP contribution in [0.25, 0.3) is 0 Å². The average Bonchev–Trinajstić information content (AvgIpc) is 2.91. The van der Waals surface area contributed by atoms with Crippen LogP contribution in [0.5, 0.6) is 0 Å². The molecule has 1 aliphatic rings. The number of aryl methyl sites for hydroxylation is 1. The van der Waals surface area contributed by atoms with Crippen LogP contribution < -0.4 is 0 Å². The third-order valence-electron chi connectivity index (χ3n) is 4.02. The predicted molar refractivity (Wildman–Crippen MR) is 78.3 cm³/mol. The molecular weight excluding hydrogens is 270 g/mol. The molecule has 0 aromatic carbocycles. The third-order valence-corrected chi connectivity index (χ3v) is 4.02. The molecule has 2 heterocycles. The van der Waals surface area contributed by atoms with E-state index in [0.717, 1.165) is 12.2 Å². The fourth-order valence-electron chi connectivity index (χ4n) is 2.69. The van der Waals surface area contributed by atoms with Crippen LogP contribution in [0, 0.1) is 5.92 Å². The van der Waals surface area contributed by atoms with Gasteiger partial charge < -0.3 is 10.0 Å². The smallest absolute Gasteiger partial charge is 0.306 e. The van der Waals surface area contributed by atoms with Gasteiger partial charge in [-0.1, -0.05) is 13.8 Å². The Morgan fingerprint density at radius 2 is 2.00 bits per heavy atom. The molecule has 21 heavy (non-hydrogen) atoms. The van der Waals surface area contributed by atoms with Crippen LogP contribution in [0.1, 0.15) is 55.6 Å². The van der Waals surface area contributed by atoms with E-state index in [1.165, 1.54) is 0 Å². The number of hydrogen-bond acceptors (Lipinski definition) is 3. The first-order valence-corrected chi connectivity index (χ1v) is 7.53. The third kappa shape index (κ3) is 3.25. The van der Waals surface area contributed by atoms with Crippen molar-refractivity contribution in [2.75, 3.05) is 13.1 Å². The second kappa shape index (κ2) is 6.28. The number of carboxylic acid groups (broad SMARTS) is 1. The van der Waals surface area contributed by atoms with Crippen molar-refractivity contribution >= 4 is 11.9 Å². The SMILES string of the molecule is CCn1cc(C(=O)N2CCC(C(=O)O)CC2)c(C(C)C)n1. The van der Waals surface area contributed by atoms with Crippen molar-refractivity contribution in [1.82, 2.24) is 14.7 Å². The number of piperidine rings is 1. The molecule has 0 atom stereocenters. The zero-order valence-corrected chi connectivity index (χ0v) is 12.9. The molecule has 0 radical (unpaired) electrons. The number of carboxylic acids is 1. The maximum absolute atomic E-state index is 12.7. The molecule has 2 rings (SSSR count). The molecule has 0 unspecified atom stereocenters. The van der Waals surface area contributed by atoms with E-state index in [0.29, 0.717) is 31.5 Å². The van der Waals surface area contributed by atoms with E-state index in [1.807, 2.05) is 20.8 Å². The summed E-state index contributed by atoms with van der Waals surface area (Å²) in [4.78, 5) is 25.4. The number of carbonyl (C=O) groups excluding carboxylic acids is 1. The molecule has 116 valence electrons. The monoisotopic (exact) mass is 293 g/mol. The summed E-state index contributed by atoms with van der Waals surface area (Å²) in [5, 5.41) is 13.5. The number of aliphatic carboxylic acids is 1. The van der Waals surface area contributed by atoms with Gasteiger partial charge in [0.15, 0.2) is 0 Å². The first kappa shape index (κ1) is 15.5. The van der Waals surface area contributed by atoms with E-state index in [-0.39, 0.29) is 17.7 Å². The Labute approximate surface area is 124 Å². The maximum atomic E-state index is 12.7. The van der Waals surface area contributed by atoms with Crippen molar-refractivity contribution < 1.29 is 14.7 Å². The predicted octanol–water partition coefficient (Wildman–Crippen LogP) is 1.96. The standard InChI is InChI=1S/C15H23N3O3/c1-4-18-9-12(13(16-18)10(2)3)14(19)17-7-5-11(6-8-17)15(20)21/h9-11H,4-8H2,1-3H3,(H,20,21). The maximum Gasteiger partial charge on any atom is 0.306 e. The summed E-state index contributed by atoms with van der Waals surface area (Å²) < 4.78 is 1.78. The summed E-state index contributed by atoms with van der Waals surface area (Å²) in [5.74, 6) is -0.920. The molecular formula is C15H23N3O3. The van der Waals surface area contributed by atoms with Gasteiger partial charge in [-0.2, -0.15) is 5.10 Å². The lowest BCUT2D eigenvalue weighted by Gasteiger charge is -2.30. The van der Waals surface area contributed by atoms with Gasteiger partial charge in [-0.05, 0) is 25.7 Å². The van der Waals surface area contributed by atoms with E-state index in [2.05, 4.69) is 5.10 Å². The Bertz CT molecular complexity index is 528. The molecule has 0 bridgehead atoms. The normalized spacial score (nSPS) is 16.5. The fraction of sp³-hybridized carbons (Fsp3) is 0.667. The van der Waals surface area contributed by atoms with E-state index in [4.69, 9.17) is 5.11 Å². The highest BCUT2D eigenvalue weighted by Crippen LogP contribution is 2.23. The van der Waals surface area contributed by atoms with E-state index in [1.54, 1.807) is 15.8 Å². The number of nitrogens with zero attached hydrogens (tertiary/aromatic N) is 3. The number of hydrogen-bond donors (Lipinski definition) is 1. The Balaban J connectivity index is 2.14. The van der Waals surface area contributed by atoms with Crippen LogP contribution in [0.2, 0.25) is 0 Å². The summed E-state index contributed by atoms with van der Waals surface area (Å²) in [5.41, 5.74) is 1.47. The zero-order valence-electron chi connectivity index (χ0n) is 12.9. The molecule has 0 spiro atoms. The van der Waals surface area contributed by atoms with Gasteiger partial charge in [0.2, 0.25) is 0 Å². The molecule has 1 saturated heterocycles. The molecule has 0 saturated carbocycles. The molecule has 1 N–H and O–H groups in total. The lowest BCUT2D eigenvalue weighted by atomic mass is 9.96. The minimum Gasteiger partial charge on any atom is -0.481 e. The number of likely N-dealkylation sites (tertiary alicyclic amines) is 1. The summed E-state index contributed by atoms with van der Waals surface area (Å²) >= 11 is 0. The largest absolute Gasteiger partial charge is 0.481 e. The first-order valence-electron chi connectivity index (χ1n) is 7.53. The van der Waals surface area contributed by atoms with Gasteiger partial charge in [-0.25, -0.2) is 0 Å². The molecule has 1 aromatic heterocycles. The summed E-state index contributed by atoms with van der Waals surface area (Å²) in [6.45, 7) is 7.78. The van der Waals surface area contributed by atoms with Gasteiger partial charge in [-0.3, -0.25) is 14.3 Å². The van der Waals surface area contributed by atoms with Crippen molar-refractivity contribution in [3.63, 3.8) is 0 Å². The Morgan fingerprint density at radius 3 is 2.48 bits per heavy atom. The van der Waals surface area contributed by atoms with Gasteiger partial charge in [0, 0.05) is 25.8 Å². The molecule has 6 nitrogen and oxygen atoms in total. The summed E-state index contributed by atoms with van der Waals surface area (Å²) in [6, 6.07) is 0. The highest BCUT2D eigenvalue weighted by Gasteiger charge is 2.29. The Kier molecular flexibility index (Phi) is 4.65. The number of rotatable bonds is 4. The van der Waals surface area contributed by atoms with Crippen molar-refractivity contribution in [3.05, 3.63) is 17.5 Å². The average molecular weight is 293 g/mol. The van der Waals surface area contributed by atoms with Crippen molar-refractivity contribution in [3.8, 4) is 0 Å². The van der Waals surface area contributed by atoms with E-state index in [9.17, 15) is 9.59 Å². The lowest BCUT2D eigenvalue weighted by molar-refractivity contribution is -0.143.